The summed E-state index contributed by atoms with van der Waals surface area (Å²) >= 11 is 0. The molecule has 1 fully saturated rings. The Balaban J connectivity index is 2.51. The van der Waals surface area contributed by atoms with E-state index in [4.69, 9.17) is 10.1 Å². The van der Waals surface area contributed by atoms with E-state index in [0.717, 1.165) is 5.06 Å². The molecule has 1 atom stereocenters. The number of nitrogens with zero attached hydrogens (tertiary/aromatic N) is 1. The van der Waals surface area contributed by atoms with Gasteiger partial charge in [0.25, 0.3) is 0 Å². The number of rotatable bonds is 0. The number of hydrogen-bond donors (Lipinski definition) is 2. The van der Waals surface area contributed by atoms with Crippen LogP contribution < -0.4 is 0 Å². The van der Waals surface area contributed by atoms with E-state index in [-0.39, 0.29) is 12.9 Å². The first-order valence-corrected chi connectivity index (χ1v) is 4.27. The molecule has 1 heterocycles. The molecule has 9 heavy (non-hydrogen) atoms. The van der Waals surface area contributed by atoms with Gasteiger partial charge in [0.05, 0.1) is 6.61 Å². The van der Waals surface area contributed by atoms with Crippen LogP contribution in [-0.2, 0) is 9.09 Å². The monoisotopic (exact) mass is 153 g/mol. The third kappa shape index (κ3) is 2.04. The molecule has 0 bridgehead atoms. The van der Waals surface area contributed by atoms with Crippen LogP contribution in [0.1, 0.15) is 0 Å². The van der Waals surface area contributed by atoms with Crippen molar-refractivity contribution in [3.8, 4) is 0 Å². The number of hydrogen-bond acceptors (Lipinski definition) is 4. The predicted octanol–water partition coefficient (Wildman–Crippen LogP) is -0.149. The highest BCUT2D eigenvalue weighted by molar-refractivity contribution is 7.52. The largest absolute Gasteiger partial charge is 0.344 e. The van der Waals surface area contributed by atoms with Crippen LogP contribution in [0.25, 0.3) is 0 Å². The lowest BCUT2D eigenvalue weighted by Crippen LogP contribution is -2.30. The molecule has 5 nitrogen and oxygen atoms in total. The Hall–Kier alpha value is 0.0700. The molecule has 1 rings (SSSR count). The van der Waals surface area contributed by atoms with E-state index >= 15 is 0 Å². The fourth-order valence-electron chi connectivity index (χ4n) is 0.607. The fourth-order valence-corrected chi connectivity index (χ4v) is 1.61. The van der Waals surface area contributed by atoms with Crippen LogP contribution in [0.4, 0.5) is 0 Å². The van der Waals surface area contributed by atoms with E-state index in [2.05, 4.69) is 4.52 Å². The van der Waals surface area contributed by atoms with Crippen LogP contribution in [0.15, 0.2) is 0 Å². The molecular formula is C3H8NO4P. The van der Waals surface area contributed by atoms with Crippen LogP contribution in [0.2, 0.25) is 0 Å². The molecule has 0 aromatic heterocycles. The summed E-state index contributed by atoms with van der Waals surface area (Å²) in [5.41, 5.74) is 0. The van der Waals surface area contributed by atoms with E-state index in [1.807, 2.05) is 0 Å². The lowest BCUT2D eigenvalue weighted by molar-refractivity contribution is -0.0970. The van der Waals surface area contributed by atoms with Crippen molar-refractivity contribution in [2.24, 2.45) is 0 Å². The quantitative estimate of drug-likeness (QED) is 0.473. The van der Waals surface area contributed by atoms with Gasteiger partial charge in [-0.2, -0.15) is 5.06 Å². The zero-order valence-electron chi connectivity index (χ0n) is 4.73. The molecule has 1 aliphatic rings. The molecule has 0 aromatic carbocycles. The average molecular weight is 153 g/mol. The molecule has 6 heteroatoms. The lowest BCUT2D eigenvalue weighted by atomic mass is 10.7. The van der Waals surface area contributed by atoms with Crippen LogP contribution in [0, 0.1) is 0 Å². The van der Waals surface area contributed by atoms with Gasteiger partial charge in [0, 0.05) is 6.54 Å². The van der Waals surface area contributed by atoms with Crippen molar-refractivity contribution in [3.05, 3.63) is 0 Å². The van der Waals surface area contributed by atoms with Gasteiger partial charge >= 0.3 is 7.60 Å². The van der Waals surface area contributed by atoms with Crippen molar-refractivity contribution in [2.75, 3.05) is 19.4 Å². The van der Waals surface area contributed by atoms with E-state index in [1.165, 1.54) is 0 Å². The topological polar surface area (TPSA) is 70.0 Å². The first-order valence-electron chi connectivity index (χ1n) is 2.50. The van der Waals surface area contributed by atoms with E-state index in [9.17, 15) is 4.57 Å². The summed E-state index contributed by atoms with van der Waals surface area (Å²) in [6.07, 6.45) is -0.285. The second-order valence-electron chi connectivity index (χ2n) is 1.84. The molecule has 1 aliphatic heterocycles. The van der Waals surface area contributed by atoms with Crippen LogP contribution >= 0.6 is 7.60 Å². The smallest absolute Gasteiger partial charge is 0.323 e. The third-order valence-electron chi connectivity index (χ3n) is 0.984. The van der Waals surface area contributed by atoms with Gasteiger partial charge in [-0.1, -0.05) is 0 Å². The van der Waals surface area contributed by atoms with Gasteiger partial charge in [0.2, 0.25) is 0 Å². The molecule has 1 unspecified atom stereocenters. The minimum Gasteiger partial charge on any atom is -0.323 e. The maximum atomic E-state index is 10.6. The Morgan fingerprint density at radius 1 is 1.67 bits per heavy atom. The van der Waals surface area contributed by atoms with Crippen molar-refractivity contribution in [1.82, 2.24) is 5.06 Å². The highest BCUT2D eigenvalue weighted by atomic mass is 31.2. The minimum absolute atomic E-state index is 0.115. The third-order valence-corrected chi connectivity index (χ3v) is 2.25. The Labute approximate surface area is 52.3 Å². The molecule has 0 aliphatic carbocycles. The van der Waals surface area contributed by atoms with Gasteiger partial charge < -0.3 is 14.6 Å². The van der Waals surface area contributed by atoms with Crippen molar-refractivity contribution in [1.29, 1.82) is 0 Å². The molecule has 0 amide bonds. The molecule has 0 saturated carbocycles. The molecule has 0 spiro atoms. The molecule has 2 N–H and O–H groups in total. The standard InChI is InChI=1S/C3H8NO4P/c5-4-1-2-8-9(6,7)3-4/h5H,1-3H2,(H,6,7). The van der Waals surface area contributed by atoms with Gasteiger partial charge in [-0.05, 0) is 0 Å². The average Bonchev–Trinajstić information content (AvgIpc) is 1.60. The highest BCUT2D eigenvalue weighted by Gasteiger charge is 2.27. The maximum absolute atomic E-state index is 10.6. The zero-order chi connectivity index (χ0) is 6.91. The normalized spacial score (nSPS) is 38.9. The highest BCUT2D eigenvalue weighted by Crippen LogP contribution is 2.43. The van der Waals surface area contributed by atoms with Crippen LogP contribution in [0.3, 0.4) is 0 Å². The Morgan fingerprint density at radius 3 is 2.67 bits per heavy atom. The van der Waals surface area contributed by atoms with Gasteiger partial charge in [-0.15, -0.1) is 0 Å². The summed E-state index contributed by atoms with van der Waals surface area (Å²) in [4.78, 5) is 8.68. The predicted molar refractivity (Wildman–Crippen MR) is 29.1 cm³/mol. The van der Waals surface area contributed by atoms with Gasteiger partial charge in [0.1, 0.15) is 6.29 Å². The second-order valence-corrected chi connectivity index (χ2v) is 3.66. The SMILES string of the molecule is O=P1(O)CN(O)CCO1. The van der Waals surface area contributed by atoms with Gasteiger partial charge in [-0.3, -0.25) is 4.57 Å². The minimum atomic E-state index is -3.47. The van der Waals surface area contributed by atoms with Crippen molar-refractivity contribution >= 4 is 7.60 Å². The molecular weight excluding hydrogens is 145 g/mol. The Bertz CT molecular complexity index is 149. The van der Waals surface area contributed by atoms with Crippen molar-refractivity contribution < 1.29 is 19.2 Å². The molecule has 54 valence electrons. The molecule has 0 aromatic rings. The van der Waals surface area contributed by atoms with E-state index < -0.39 is 7.60 Å². The van der Waals surface area contributed by atoms with Crippen LogP contribution in [0.5, 0.6) is 0 Å². The van der Waals surface area contributed by atoms with E-state index in [0.29, 0.717) is 6.54 Å². The number of hydroxylamine groups is 2. The summed E-state index contributed by atoms with van der Waals surface area (Å²) in [5.74, 6) is 0. The summed E-state index contributed by atoms with van der Waals surface area (Å²) in [6.45, 7) is 0.412. The van der Waals surface area contributed by atoms with E-state index in [1.54, 1.807) is 0 Å². The molecule has 0 radical (unpaired) electrons. The van der Waals surface area contributed by atoms with Crippen molar-refractivity contribution in [2.45, 2.75) is 0 Å². The van der Waals surface area contributed by atoms with Gasteiger partial charge in [0.15, 0.2) is 0 Å². The lowest BCUT2D eigenvalue weighted by Gasteiger charge is -2.23. The zero-order valence-corrected chi connectivity index (χ0v) is 5.62. The Morgan fingerprint density at radius 2 is 2.33 bits per heavy atom. The summed E-state index contributed by atoms with van der Waals surface area (Å²) in [6, 6.07) is 0. The Kier molecular flexibility index (Phi) is 1.88. The first-order chi connectivity index (χ1) is 4.10. The molecule has 1 saturated heterocycles. The van der Waals surface area contributed by atoms with Crippen molar-refractivity contribution in [3.63, 3.8) is 0 Å². The fraction of sp³-hybridized carbons (Fsp3) is 1.00. The summed E-state index contributed by atoms with van der Waals surface area (Å²) in [7, 11) is -3.47. The first kappa shape index (κ1) is 7.18. The maximum Gasteiger partial charge on any atom is 0.344 e. The summed E-state index contributed by atoms with van der Waals surface area (Å²) < 4.78 is 15.0. The second kappa shape index (κ2) is 2.36. The van der Waals surface area contributed by atoms with Crippen LogP contribution in [-0.4, -0.2) is 34.6 Å². The van der Waals surface area contributed by atoms with Gasteiger partial charge in [-0.25, -0.2) is 0 Å². The summed E-state index contributed by atoms with van der Waals surface area (Å²) in [5, 5.41) is 9.45.